The molecule has 1 saturated heterocycles. The van der Waals surface area contributed by atoms with Crippen LogP contribution in [0.25, 0.3) is 10.9 Å². The van der Waals surface area contributed by atoms with Crippen LogP contribution < -0.4 is 16.2 Å². The van der Waals surface area contributed by atoms with Crippen molar-refractivity contribution in [3.8, 4) is 0 Å². The number of nitrogens with zero attached hydrogens (tertiary/aromatic N) is 2. The molecule has 27 heavy (non-hydrogen) atoms. The summed E-state index contributed by atoms with van der Waals surface area (Å²) in [5, 5.41) is 4.77. The lowest BCUT2D eigenvalue weighted by Crippen LogP contribution is -2.45. The van der Waals surface area contributed by atoms with Crippen LogP contribution in [0.15, 0.2) is 16.9 Å². The Hall–Kier alpha value is -3.10. The van der Waals surface area contributed by atoms with Gasteiger partial charge in [-0.15, -0.1) is 0 Å². The average Bonchev–Trinajstić information content (AvgIpc) is 2.55. The van der Waals surface area contributed by atoms with Gasteiger partial charge in [0.15, 0.2) is 0 Å². The summed E-state index contributed by atoms with van der Waals surface area (Å²) in [6, 6.07) is 1.25. The van der Waals surface area contributed by atoms with Crippen LogP contribution >= 0.6 is 0 Å². The van der Waals surface area contributed by atoms with Crippen LogP contribution in [0.1, 0.15) is 38.6 Å². The molecule has 0 unspecified atom stereocenters. The van der Waals surface area contributed by atoms with Crippen molar-refractivity contribution in [3.05, 3.63) is 34.1 Å². The minimum atomic E-state index is -0.897. The number of hydrogen-bond donors (Lipinski definition) is 2. The van der Waals surface area contributed by atoms with Crippen LogP contribution in [0.4, 0.5) is 10.1 Å². The van der Waals surface area contributed by atoms with E-state index in [0.717, 1.165) is 12.1 Å². The van der Waals surface area contributed by atoms with Crippen LogP contribution in [0.5, 0.6) is 0 Å². The zero-order valence-corrected chi connectivity index (χ0v) is 15.1. The molecule has 0 bridgehead atoms. The van der Waals surface area contributed by atoms with Crippen molar-refractivity contribution in [2.24, 2.45) is 5.92 Å². The largest absolute Gasteiger partial charge is 0.325 e. The number of imide groups is 1. The number of halogens is 1. The van der Waals surface area contributed by atoms with Gasteiger partial charge in [0, 0.05) is 18.4 Å². The van der Waals surface area contributed by atoms with E-state index in [1.807, 2.05) is 0 Å². The van der Waals surface area contributed by atoms with Gasteiger partial charge in [0.25, 0.3) is 5.56 Å². The summed E-state index contributed by atoms with van der Waals surface area (Å²) in [6.45, 7) is 4.86. The molecular formula is C18H19FN4O4. The molecule has 2 N–H and O–H groups in total. The first-order chi connectivity index (χ1) is 12.7. The minimum absolute atomic E-state index is 0.00208. The predicted molar refractivity (Wildman–Crippen MR) is 95.6 cm³/mol. The number of anilines is 1. The molecule has 3 amide bonds. The fraction of sp³-hybridized carbons (Fsp3) is 0.389. The molecule has 0 aliphatic carbocycles. The van der Waals surface area contributed by atoms with Gasteiger partial charge in [-0.2, -0.15) is 0 Å². The van der Waals surface area contributed by atoms with Crippen LogP contribution in [0.3, 0.4) is 0 Å². The van der Waals surface area contributed by atoms with Gasteiger partial charge >= 0.3 is 0 Å². The summed E-state index contributed by atoms with van der Waals surface area (Å²) in [4.78, 5) is 53.0. The van der Waals surface area contributed by atoms with Gasteiger partial charge < -0.3 is 5.32 Å². The molecule has 142 valence electrons. The van der Waals surface area contributed by atoms with Gasteiger partial charge in [0.1, 0.15) is 17.7 Å². The number of piperidine rings is 1. The smallest absolute Gasteiger partial charge is 0.264 e. The second kappa shape index (κ2) is 6.90. The standard InChI is InChI=1S/C18H19FN4O4/c1-8(2)16(25)21-12-7-10(19)6-11-15(12)18(27)23(9(3)20-11)13-4-5-14(24)22-17(13)26/h6-8,13H,4-5H2,1-3H3,(H,21,25)(H,22,24,26)/t13-/m0/s1. The maximum atomic E-state index is 14.0. The number of aryl methyl sites for hydroxylation is 1. The van der Waals surface area contributed by atoms with E-state index in [1.54, 1.807) is 13.8 Å². The highest BCUT2D eigenvalue weighted by Gasteiger charge is 2.31. The summed E-state index contributed by atoms with van der Waals surface area (Å²) in [5.74, 6) is -2.18. The first kappa shape index (κ1) is 18.7. The topological polar surface area (TPSA) is 110 Å². The quantitative estimate of drug-likeness (QED) is 0.790. The maximum absolute atomic E-state index is 14.0. The SMILES string of the molecule is Cc1nc2cc(F)cc(NC(=O)C(C)C)c2c(=O)n1[C@H]1CCC(=O)NC1=O. The highest BCUT2D eigenvalue weighted by atomic mass is 19.1. The van der Waals surface area contributed by atoms with E-state index in [-0.39, 0.29) is 47.1 Å². The van der Waals surface area contributed by atoms with Gasteiger partial charge in [-0.1, -0.05) is 13.8 Å². The molecule has 3 rings (SSSR count). The van der Waals surface area contributed by atoms with Crippen LogP contribution in [-0.2, 0) is 14.4 Å². The molecule has 1 atom stereocenters. The number of benzene rings is 1. The maximum Gasteiger partial charge on any atom is 0.264 e. The van der Waals surface area contributed by atoms with E-state index >= 15 is 0 Å². The Bertz CT molecular complexity index is 1030. The number of carbonyl (C=O) groups excluding carboxylic acids is 3. The van der Waals surface area contributed by atoms with Crippen molar-refractivity contribution in [1.82, 2.24) is 14.9 Å². The van der Waals surface area contributed by atoms with Crippen molar-refractivity contribution in [3.63, 3.8) is 0 Å². The first-order valence-corrected chi connectivity index (χ1v) is 8.56. The molecule has 1 aliphatic rings. The van der Waals surface area contributed by atoms with Crippen molar-refractivity contribution >= 4 is 34.3 Å². The fourth-order valence-corrected chi connectivity index (χ4v) is 3.07. The first-order valence-electron chi connectivity index (χ1n) is 8.56. The van der Waals surface area contributed by atoms with Gasteiger partial charge in [0.05, 0.1) is 16.6 Å². The highest BCUT2D eigenvalue weighted by Crippen LogP contribution is 2.25. The molecule has 1 fully saturated rings. The summed E-state index contributed by atoms with van der Waals surface area (Å²) < 4.78 is 15.2. The van der Waals surface area contributed by atoms with Crippen LogP contribution in [0, 0.1) is 18.7 Å². The monoisotopic (exact) mass is 374 g/mol. The number of rotatable bonds is 3. The zero-order valence-electron chi connectivity index (χ0n) is 15.1. The molecule has 1 aliphatic heterocycles. The third kappa shape index (κ3) is 3.44. The number of fused-ring (bicyclic) bond motifs is 1. The molecule has 0 saturated carbocycles. The number of amides is 3. The molecule has 8 nitrogen and oxygen atoms in total. The minimum Gasteiger partial charge on any atom is -0.325 e. The van der Waals surface area contributed by atoms with Crippen molar-refractivity contribution in [1.29, 1.82) is 0 Å². The summed E-state index contributed by atoms with van der Waals surface area (Å²) in [7, 11) is 0. The van der Waals surface area contributed by atoms with Crippen molar-refractivity contribution in [2.45, 2.75) is 39.7 Å². The molecule has 9 heteroatoms. The number of carbonyl (C=O) groups is 3. The van der Waals surface area contributed by atoms with E-state index in [2.05, 4.69) is 15.6 Å². The Morgan fingerprint density at radius 3 is 2.67 bits per heavy atom. The Balaban J connectivity index is 2.21. The molecular weight excluding hydrogens is 355 g/mol. The fourth-order valence-electron chi connectivity index (χ4n) is 3.07. The van der Waals surface area contributed by atoms with Crippen LogP contribution in [-0.4, -0.2) is 27.3 Å². The van der Waals surface area contributed by atoms with Crippen molar-refractivity contribution in [2.75, 3.05) is 5.32 Å². The van der Waals surface area contributed by atoms with Gasteiger partial charge in [-0.3, -0.25) is 29.1 Å². The van der Waals surface area contributed by atoms with E-state index in [1.165, 1.54) is 11.5 Å². The Kier molecular flexibility index (Phi) is 4.77. The molecule has 0 radical (unpaired) electrons. The van der Waals surface area contributed by atoms with Gasteiger partial charge in [-0.05, 0) is 19.4 Å². The Morgan fingerprint density at radius 2 is 2.04 bits per heavy atom. The lowest BCUT2D eigenvalue weighted by atomic mass is 10.0. The normalized spacial score (nSPS) is 17.3. The Morgan fingerprint density at radius 1 is 1.33 bits per heavy atom. The third-order valence-corrected chi connectivity index (χ3v) is 4.45. The molecule has 2 heterocycles. The predicted octanol–water partition coefficient (Wildman–Crippen LogP) is 1.42. The molecule has 1 aromatic heterocycles. The van der Waals surface area contributed by atoms with E-state index in [4.69, 9.17) is 0 Å². The van der Waals surface area contributed by atoms with Gasteiger partial charge in [0.2, 0.25) is 17.7 Å². The number of aromatic nitrogens is 2. The highest BCUT2D eigenvalue weighted by molar-refractivity contribution is 6.02. The summed E-state index contributed by atoms with van der Waals surface area (Å²) in [6.07, 6.45) is 0.258. The Labute approximate surface area is 153 Å². The number of hydrogen-bond acceptors (Lipinski definition) is 5. The number of nitrogens with one attached hydrogen (secondary N) is 2. The molecule has 1 aromatic carbocycles. The lowest BCUT2D eigenvalue weighted by molar-refractivity contribution is -0.135. The van der Waals surface area contributed by atoms with E-state index in [9.17, 15) is 23.6 Å². The zero-order chi connectivity index (χ0) is 19.9. The van der Waals surface area contributed by atoms with Crippen LogP contribution in [0.2, 0.25) is 0 Å². The second-order valence-corrected chi connectivity index (χ2v) is 6.79. The molecule has 2 aromatic rings. The van der Waals surface area contributed by atoms with Gasteiger partial charge in [-0.25, -0.2) is 9.37 Å². The average molecular weight is 374 g/mol. The van der Waals surface area contributed by atoms with E-state index in [0.29, 0.717) is 0 Å². The van der Waals surface area contributed by atoms with E-state index < -0.39 is 29.2 Å². The summed E-state index contributed by atoms with van der Waals surface area (Å²) in [5.41, 5.74) is -0.492. The summed E-state index contributed by atoms with van der Waals surface area (Å²) >= 11 is 0. The van der Waals surface area contributed by atoms with Crippen molar-refractivity contribution < 1.29 is 18.8 Å². The third-order valence-electron chi connectivity index (χ3n) is 4.45. The second-order valence-electron chi connectivity index (χ2n) is 6.79. The lowest BCUT2D eigenvalue weighted by Gasteiger charge is -2.24. The molecule has 0 spiro atoms.